The number of hydrogen-bond acceptors (Lipinski definition) is 4. The van der Waals surface area contributed by atoms with Crippen LogP contribution < -0.4 is 0 Å². The van der Waals surface area contributed by atoms with Crippen LogP contribution in [0.1, 0.15) is 61.1 Å². The lowest BCUT2D eigenvalue weighted by Crippen LogP contribution is -2.41. The van der Waals surface area contributed by atoms with Gasteiger partial charge in [0.05, 0.1) is 0 Å². The minimum Gasteiger partial charge on any atom is -0.382 e. The summed E-state index contributed by atoms with van der Waals surface area (Å²) in [6, 6.07) is 33.7. The molecule has 4 aromatic carbocycles. The standard InChI is InChI=1S/C30H20O2.2C4H10O/c31-29(21-19-23-11-3-1-4-12-23)25-15-7-9-17-27(25)30(32,28-18-10-8-16-26(28)29)22-20-24-13-5-2-6-14-24;2*1-3-5-4-2/h1-18,31-32H;2*3-4H2,1-2H3. The molecule has 0 saturated heterocycles. The second-order valence-electron chi connectivity index (χ2n) is 9.31. The lowest BCUT2D eigenvalue weighted by atomic mass is 9.68. The number of aliphatic hydroxyl groups is 2. The van der Waals surface area contributed by atoms with Crippen LogP contribution in [0.15, 0.2) is 109 Å². The third kappa shape index (κ3) is 7.98. The first-order valence-electron chi connectivity index (χ1n) is 14.4. The summed E-state index contributed by atoms with van der Waals surface area (Å²) in [6.45, 7) is 11.3. The summed E-state index contributed by atoms with van der Waals surface area (Å²) in [5.41, 5.74) is 0.590. The first kappa shape index (κ1) is 32.4. The Morgan fingerprint density at radius 3 is 0.952 bits per heavy atom. The molecule has 0 atom stereocenters. The first-order chi connectivity index (χ1) is 20.4. The van der Waals surface area contributed by atoms with Crippen LogP contribution in [0.4, 0.5) is 0 Å². The van der Waals surface area contributed by atoms with Crippen molar-refractivity contribution in [2.75, 3.05) is 26.4 Å². The number of fused-ring (bicyclic) bond motifs is 2. The average Bonchev–Trinajstić information content (AvgIpc) is 3.04. The van der Waals surface area contributed by atoms with E-state index in [0.29, 0.717) is 22.3 Å². The Bertz CT molecular complexity index is 1340. The van der Waals surface area contributed by atoms with Crippen molar-refractivity contribution in [1.82, 2.24) is 0 Å². The third-order valence-corrected chi connectivity index (χ3v) is 6.55. The molecule has 0 spiro atoms. The summed E-state index contributed by atoms with van der Waals surface area (Å²) in [7, 11) is 0. The van der Waals surface area contributed by atoms with Crippen LogP contribution in [-0.2, 0) is 20.7 Å². The van der Waals surface area contributed by atoms with E-state index < -0.39 is 11.2 Å². The normalized spacial score (nSPS) is 17.7. The smallest absolute Gasteiger partial charge is 0.178 e. The minimum atomic E-state index is -1.58. The maximum Gasteiger partial charge on any atom is 0.178 e. The highest BCUT2D eigenvalue weighted by atomic mass is 16.5. The summed E-state index contributed by atoms with van der Waals surface area (Å²) in [6.07, 6.45) is 0. The quantitative estimate of drug-likeness (QED) is 0.274. The maximum absolute atomic E-state index is 11.9. The van der Waals surface area contributed by atoms with Crippen molar-refractivity contribution in [2.45, 2.75) is 38.9 Å². The van der Waals surface area contributed by atoms with Crippen molar-refractivity contribution in [3.63, 3.8) is 0 Å². The summed E-state index contributed by atoms with van der Waals surface area (Å²) >= 11 is 0. The SMILES string of the molecule is CCOCC.CCOCC.OC1(C#Cc2ccccc2)c2ccccc2C(O)(C#Cc2ccccc2)c2ccccc21. The van der Waals surface area contributed by atoms with Gasteiger partial charge in [-0.15, -0.1) is 0 Å². The molecule has 4 heteroatoms. The fourth-order valence-electron chi connectivity index (χ4n) is 4.56. The number of hydrogen-bond donors (Lipinski definition) is 2. The van der Waals surface area contributed by atoms with Crippen molar-refractivity contribution in [1.29, 1.82) is 0 Å². The zero-order valence-corrected chi connectivity index (χ0v) is 24.9. The zero-order chi connectivity index (χ0) is 30.3. The van der Waals surface area contributed by atoms with Crippen molar-refractivity contribution >= 4 is 0 Å². The fraction of sp³-hybridized carbons (Fsp3) is 0.263. The maximum atomic E-state index is 11.9. The van der Waals surface area contributed by atoms with E-state index in [1.54, 1.807) is 24.3 Å². The molecule has 0 saturated carbocycles. The van der Waals surface area contributed by atoms with Crippen LogP contribution in [0.3, 0.4) is 0 Å². The predicted octanol–water partition coefficient (Wildman–Crippen LogP) is 6.66. The van der Waals surface area contributed by atoms with Crippen molar-refractivity contribution in [3.05, 3.63) is 143 Å². The van der Waals surface area contributed by atoms with Gasteiger partial charge in [-0.25, -0.2) is 0 Å². The Balaban J connectivity index is 0.000000420. The van der Waals surface area contributed by atoms with Gasteiger partial charge < -0.3 is 19.7 Å². The molecular weight excluding hydrogens is 520 g/mol. The van der Waals surface area contributed by atoms with E-state index in [9.17, 15) is 10.2 Å². The van der Waals surface area contributed by atoms with Gasteiger partial charge in [0, 0.05) is 59.8 Å². The van der Waals surface area contributed by atoms with E-state index in [-0.39, 0.29) is 0 Å². The van der Waals surface area contributed by atoms with Gasteiger partial charge in [0.2, 0.25) is 0 Å². The summed E-state index contributed by atoms with van der Waals surface area (Å²) in [5.74, 6) is 12.4. The average molecular weight is 561 g/mol. The van der Waals surface area contributed by atoms with E-state index in [1.807, 2.05) is 113 Å². The molecule has 0 radical (unpaired) electrons. The Morgan fingerprint density at radius 2 is 0.714 bits per heavy atom. The molecule has 0 aliphatic heterocycles. The molecule has 42 heavy (non-hydrogen) atoms. The van der Waals surface area contributed by atoms with Gasteiger partial charge in [-0.2, -0.15) is 0 Å². The lowest BCUT2D eigenvalue weighted by Gasteiger charge is -2.39. The highest BCUT2D eigenvalue weighted by molar-refractivity contribution is 5.64. The number of rotatable bonds is 4. The Kier molecular flexibility index (Phi) is 12.6. The monoisotopic (exact) mass is 560 g/mol. The van der Waals surface area contributed by atoms with Crippen LogP contribution in [0.5, 0.6) is 0 Å². The van der Waals surface area contributed by atoms with Gasteiger partial charge in [-0.3, -0.25) is 0 Å². The number of benzene rings is 4. The number of ether oxygens (including phenoxy) is 2. The van der Waals surface area contributed by atoms with E-state index in [2.05, 4.69) is 23.7 Å². The van der Waals surface area contributed by atoms with Gasteiger partial charge >= 0.3 is 0 Å². The van der Waals surface area contributed by atoms with E-state index in [4.69, 9.17) is 9.47 Å². The third-order valence-electron chi connectivity index (χ3n) is 6.55. The molecule has 0 bridgehead atoms. The van der Waals surface area contributed by atoms with Gasteiger partial charge in [0.15, 0.2) is 11.2 Å². The van der Waals surface area contributed by atoms with Crippen LogP contribution in [0, 0.1) is 23.7 Å². The van der Waals surface area contributed by atoms with Crippen LogP contribution >= 0.6 is 0 Å². The summed E-state index contributed by atoms with van der Waals surface area (Å²) < 4.78 is 9.67. The van der Waals surface area contributed by atoms with E-state index >= 15 is 0 Å². The first-order valence-corrected chi connectivity index (χ1v) is 14.4. The zero-order valence-electron chi connectivity index (χ0n) is 24.9. The molecule has 1 aliphatic carbocycles. The van der Waals surface area contributed by atoms with Crippen molar-refractivity contribution < 1.29 is 19.7 Å². The molecular formula is C38H40O4. The Hall–Kier alpha value is -4.16. The second-order valence-corrected chi connectivity index (χ2v) is 9.31. The molecule has 0 heterocycles. The van der Waals surface area contributed by atoms with Crippen LogP contribution in [0.2, 0.25) is 0 Å². The van der Waals surface area contributed by atoms with Gasteiger partial charge in [0.25, 0.3) is 0 Å². The van der Waals surface area contributed by atoms with Gasteiger partial charge in [-0.1, -0.05) is 109 Å². The molecule has 2 N–H and O–H groups in total. The summed E-state index contributed by atoms with van der Waals surface area (Å²) in [5, 5.41) is 23.8. The molecule has 1 aliphatic rings. The molecule has 0 aromatic heterocycles. The highest BCUT2D eigenvalue weighted by Gasteiger charge is 2.48. The highest BCUT2D eigenvalue weighted by Crippen LogP contribution is 2.47. The Morgan fingerprint density at radius 1 is 0.452 bits per heavy atom. The predicted molar refractivity (Wildman–Crippen MR) is 170 cm³/mol. The minimum absolute atomic E-state index is 0.534. The van der Waals surface area contributed by atoms with Crippen LogP contribution in [0.25, 0.3) is 0 Å². The molecule has 0 unspecified atom stereocenters. The van der Waals surface area contributed by atoms with Crippen molar-refractivity contribution in [3.8, 4) is 23.7 Å². The van der Waals surface area contributed by atoms with E-state index in [0.717, 1.165) is 37.6 Å². The lowest BCUT2D eigenvalue weighted by molar-refractivity contribution is 0.0944. The van der Waals surface area contributed by atoms with Gasteiger partial charge in [-0.05, 0) is 52.0 Å². The topological polar surface area (TPSA) is 58.9 Å². The second kappa shape index (κ2) is 16.3. The molecule has 4 nitrogen and oxygen atoms in total. The molecule has 0 amide bonds. The van der Waals surface area contributed by atoms with Crippen LogP contribution in [-0.4, -0.2) is 36.6 Å². The van der Waals surface area contributed by atoms with Gasteiger partial charge in [0.1, 0.15) is 0 Å². The summed E-state index contributed by atoms with van der Waals surface area (Å²) in [4.78, 5) is 0. The molecule has 5 rings (SSSR count). The Labute approximate surface area is 251 Å². The van der Waals surface area contributed by atoms with E-state index in [1.165, 1.54) is 0 Å². The van der Waals surface area contributed by atoms with Crippen molar-refractivity contribution in [2.24, 2.45) is 0 Å². The largest absolute Gasteiger partial charge is 0.382 e. The molecule has 4 aromatic rings. The molecule has 216 valence electrons. The molecule has 0 fully saturated rings. The fourth-order valence-corrected chi connectivity index (χ4v) is 4.56.